The topological polar surface area (TPSA) is 124 Å². The monoisotopic (exact) mass is 292 g/mol. The standard InChI is InChI=1S/C10H16N2O6S/c1-7-6-19(17,18)3-2-12(7)11-5-8(13)4-9(14)10(15)16/h5,7,9,14H,2-4,6H2,1H3,(H,15,16)/b11-5+. The van der Waals surface area contributed by atoms with Crippen LogP contribution in [0.4, 0.5) is 0 Å². The zero-order valence-electron chi connectivity index (χ0n) is 10.4. The molecule has 0 aromatic carbocycles. The highest BCUT2D eigenvalue weighted by Gasteiger charge is 2.27. The van der Waals surface area contributed by atoms with Gasteiger partial charge >= 0.3 is 5.97 Å². The number of ketones is 1. The number of aliphatic hydroxyl groups excluding tert-OH is 1. The second kappa shape index (κ2) is 6.11. The fourth-order valence-electron chi connectivity index (χ4n) is 1.63. The summed E-state index contributed by atoms with van der Waals surface area (Å²) < 4.78 is 22.6. The van der Waals surface area contributed by atoms with Gasteiger partial charge in [-0.15, -0.1) is 0 Å². The molecule has 2 N–H and O–H groups in total. The normalized spacial score (nSPS) is 24.3. The van der Waals surface area contributed by atoms with Gasteiger partial charge in [0.1, 0.15) is 0 Å². The van der Waals surface area contributed by atoms with Gasteiger partial charge in [-0.25, -0.2) is 13.2 Å². The number of carboxylic acid groups (broad SMARTS) is 1. The number of hydrogen-bond donors (Lipinski definition) is 2. The van der Waals surface area contributed by atoms with Crippen molar-refractivity contribution in [1.29, 1.82) is 0 Å². The predicted molar refractivity (Wildman–Crippen MR) is 66.6 cm³/mol. The molecule has 2 atom stereocenters. The first-order chi connectivity index (χ1) is 8.71. The third kappa shape index (κ3) is 4.95. The summed E-state index contributed by atoms with van der Waals surface area (Å²) >= 11 is 0. The molecule has 108 valence electrons. The molecule has 1 aliphatic heterocycles. The number of carbonyl (C=O) groups is 2. The zero-order chi connectivity index (χ0) is 14.6. The number of carboxylic acids is 1. The van der Waals surface area contributed by atoms with Crippen LogP contribution in [0.1, 0.15) is 13.3 Å². The Bertz CT molecular complexity index is 486. The first-order valence-corrected chi connectivity index (χ1v) is 7.48. The summed E-state index contributed by atoms with van der Waals surface area (Å²) in [6.07, 6.45) is -1.39. The van der Waals surface area contributed by atoms with Crippen molar-refractivity contribution in [2.45, 2.75) is 25.5 Å². The van der Waals surface area contributed by atoms with Gasteiger partial charge in [-0.1, -0.05) is 0 Å². The second-order valence-electron chi connectivity index (χ2n) is 4.40. The van der Waals surface area contributed by atoms with E-state index in [1.165, 1.54) is 5.01 Å². The molecular weight excluding hydrogens is 276 g/mol. The van der Waals surface area contributed by atoms with Crippen LogP contribution in [-0.4, -0.2) is 71.8 Å². The average Bonchev–Trinajstić information content (AvgIpc) is 2.26. The predicted octanol–water partition coefficient (Wildman–Crippen LogP) is -1.50. The summed E-state index contributed by atoms with van der Waals surface area (Å²) in [5, 5.41) is 22.7. The molecule has 0 saturated carbocycles. The Morgan fingerprint density at radius 2 is 2.16 bits per heavy atom. The highest BCUT2D eigenvalue weighted by atomic mass is 32.2. The van der Waals surface area contributed by atoms with Crippen molar-refractivity contribution in [2.24, 2.45) is 5.10 Å². The summed E-state index contributed by atoms with van der Waals surface area (Å²) in [6.45, 7) is 1.86. The van der Waals surface area contributed by atoms with Crippen molar-refractivity contribution in [3.63, 3.8) is 0 Å². The summed E-state index contributed by atoms with van der Waals surface area (Å²) in [5.74, 6) is -2.16. The van der Waals surface area contributed by atoms with Crippen LogP contribution >= 0.6 is 0 Å². The van der Waals surface area contributed by atoms with E-state index in [9.17, 15) is 18.0 Å². The van der Waals surface area contributed by atoms with Gasteiger partial charge in [0.2, 0.25) is 0 Å². The number of carbonyl (C=O) groups excluding carboxylic acids is 1. The van der Waals surface area contributed by atoms with Gasteiger partial charge in [-0.05, 0) is 6.92 Å². The lowest BCUT2D eigenvalue weighted by Gasteiger charge is -2.30. The van der Waals surface area contributed by atoms with E-state index in [4.69, 9.17) is 10.2 Å². The fraction of sp³-hybridized carbons (Fsp3) is 0.700. The lowest BCUT2D eigenvalue weighted by Crippen LogP contribution is -2.44. The van der Waals surface area contributed by atoms with Crippen LogP contribution in [-0.2, 0) is 19.4 Å². The van der Waals surface area contributed by atoms with Crippen LogP contribution in [0.15, 0.2) is 5.10 Å². The molecule has 0 radical (unpaired) electrons. The number of hydrazone groups is 1. The minimum Gasteiger partial charge on any atom is -0.479 e. The summed E-state index contributed by atoms with van der Waals surface area (Å²) in [4.78, 5) is 21.7. The lowest BCUT2D eigenvalue weighted by atomic mass is 10.2. The van der Waals surface area contributed by atoms with Crippen molar-refractivity contribution in [3.8, 4) is 0 Å². The number of hydrogen-bond acceptors (Lipinski definition) is 7. The summed E-state index contributed by atoms with van der Waals surface area (Å²) in [6, 6.07) is -0.341. The SMILES string of the molecule is CC1CS(=O)(=O)CCN1/N=C/C(=O)CC(O)C(=O)O. The molecule has 0 bridgehead atoms. The molecule has 0 aromatic heterocycles. The number of aliphatic hydroxyl groups is 1. The maximum absolute atomic E-state index is 11.3. The van der Waals surface area contributed by atoms with Crippen molar-refractivity contribution in [1.82, 2.24) is 5.01 Å². The Morgan fingerprint density at radius 1 is 1.53 bits per heavy atom. The minimum absolute atomic E-state index is 0.0272. The molecule has 1 heterocycles. The molecule has 0 spiro atoms. The molecule has 1 saturated heterocycles. The van der Waals surface area contributed by atoms with E-state index in [1.54, 1.807) is 6.92 Å². The van der Waals surface area contributed by atoms with Crippen molar-refractivity contribution >= 4 is 27.8 Å². The van der Waals surface area contributed by atoms with Crippen LogP contribution in [0.25, 0.3) is 0 Å². The van der Waals surface area contributed by atoms with E-state index in [-0.39, 0.29) is 24.1 Å². The molecule has 0 aromatic rings. The van der Waals surface area contributed by atoms with E-state index >= 15 is 0 Å². The second-order valence-corrected chi connectivity index (χ2v) is 6.62. The quantitative estimate of drug-likeness (QED) is 0.590. The van der Waals surface area contributed by atoms with Gasteiger partial charge in [-0.3, -0.25) is 9.80 Å². The van der Waals surface area contributed by atoms with Crippen LogP contribution in [0, 0.1) is 0 Å². The van der Waals surface area contributed by atoms with E-state index in [0.717, 1.165) is 6.21 Å². The third-order valence-corrected chi connectivity index (χ3v) is 4.46. The number of nitrogens with zero attached hydrogens (tertiary/aromatic N) is 2. The van der Waals surface area contributed by atoms with Gasteiger partial charge in [0.15, 0.2) is 21.7 Å². The average molecular weight is 292 g/mol. The van der Waals surface area contributed by atoms with Gasteiger partial charge in [0, 0.05) is 6.42 Å². The van der Waals surface area contributed by atoms with E-state index in [2.05, 4.69) is 5.10 Å². The number of Topliss-reactive ketones (excluding diaryl/α,β-unsaturated/α-hetero) is 1. The van der Waals surface area contributed by atoms with Gasteiger partial charge in [0.25, 0.3) is 0 Å². The maximum Gasteiger partial charge on any atom is 0.332 e. The summed E-state index contributed by atoms with van der Waals surface area (Å²) in [5.41, 5.74) is 0. The number of sulfone groups is 1. The van der Waals surface area contributed by atoms with Crippen LogP contribution in [0.3, 0.4) is 0 Å². The lowest BCUT2D eigenvalue weighted by molar-refractivity contribution is -0.148. The number of aliphatic carboxylic acids is 1. The van der Waals surface area contributed by atoms with Crippen molar-refractivity contribution in [3.05, 3.63) is 0 Å². The molecule has 9 heteroatoms. The molecule has 0 amide bonds. The van der Waals surface area contributed by atoms with E-state index in [1.807, 2.05) is 0 Å². The Balaban J connectivity index is 2.53. The Morgan fingerprint density at radius 3 is 2.68 bits per heavy atom. The zero-order valence-corrected chi connectivity index (χ0v) is 11.2. The fourth-order valence-corrected chi connectivity index (χ4v) is 3.17. The Kier molecular flexibility index (Phi) is 5.01. The molecule has 8 nitrogen and oxygen atoms in total. The highest BCUT2D eigenvalue weighted by molar-refractivity contribution is 7.91. The molecular formula is C10H16N2O6S. The van der Waals surface area contributed by atoms with Crippen LogP contribution in [0.2, 0.25) is 0 Å². The van der Waals surface area contributed by atoms with Crippen molar-refractivity contribution < 1.29 is 28.2 Å². The molecule has 1 fully saturated rings. The smallest absolute Gasteiger partial charge is 0.332 e. The van der Waals surface area contributed by atoms with E-state index < -0.39 is 34.1 Å². The largest absolute Gasteiger partial charge is 0.479 e. The third-order valence-electron chi connectivity index (χ3n) is 2.66. The van der Waals surface area contributed by atoms with Crippen molar-refractivity contribution in [2.75, 3.05) is 18.1 Å². The molecule has 0 aliphatic carbocycles. The minimum atomic E-state index is -3.05. The molecule has 2 unspecified atom stereocenters. The first kappa shape index (κ1) is 15.6. The van der Waals surface area contributed by atoms with Crippen LogP contribution in [0.5, 0.6) is 0 Å². The highest BCUT2D eigenvalue weighted by Crippen LogP contribution is 2.11. The summed E-state index contributed by atoms with van der Waals surface area (Å²) in [7, 11) is -3.05. The van der Waals surface area contributed by atoms with Gasteiger partial charge < -0.3 is 10.2 Å². The van der Waals surface area contributed by atoms with Crippen LogP contribution < -0.4 is 0 Å². The Labute approximate surface area is 110 Å². The van der Waals surface area contributed by atoms with Gasteiger partial charge in [0.05, 0.1) is 30.3 Å². The molecule has 19 heavy (non-hydrogen) atoms. The first-order valence-electron chi connectivity index (χ1n) is 5.66. The molecule has 1 aliphatic rings. The maximum atomic E-state index is 11.3. The number of rotatable bonds is 5. The molecule has 1 rings (SSSR count). The van der Waals surface area contributed by atoms with Gasteiger partial charge in [-0.2, -0.15) is 5.10 Å². The Hall–Kier alpha value is -1.48. The van der Waals surface area contributed by atoms with E-state index in [0.29, 0.717) is 0 Å².